The van der Waals surface area contributed by atoms with Crippen molar-refractivity contribution in [2.45, 2.75) is 6.42 Å². The third kappa shape index (κ3) is 5.34. The lowest BCUT2D eigenvalue weighted by atomic mass is 10.1. The first-order chi connectivity index (χ1) is 13.5. The van der Waals surface area contributed by atoms with Gasteiger partial charge in [-0.3, -0.25) is 4.79 Å². The average Bonchev–Trinajstić information content (AvgIpc) is 3.22. The lowest BCUT2D eigenvalue weighted by molar-refractivity contribution is -0.127. The van der Waals surface area contributed by atoms with Crippen LogP contribution in [-0.4, -0.2) is 88.2 Å². The first-order valence-electron chi connectivity index (χ1n) is 9.85. The van der Waals surface area contributed by atoms with E-state index in [2.05, 4.69) is 20.1 Å². The van der Waals surface area contributed by atoms with Gasteiger partial charge in [0.05, 0.1) is 12.3 Å². The Morgan fingerprint density at radius 3 is 2.68 bits per heavy atom. The van der Waals surface area contributed by atoms with Crippen LogP contribution in [0.1, 0.15) is 6.42 Å². The minimum atomic E-state index is -0.194. The van der Waals surface area contributed by atoms with Gasteiger partial charge in [-0.05, 0) is 18.6 Å². The number of aliphatic imine (C=N–C) groups is 1. The lowest BCUT2D eigenvalue weighted by Gasteiger charge is -2.38. The number of anilines is 1. The third-order valence-electron chi connectivity index (χ3n) is 5.21. The molecule has 0 saturated carbocycles. The van der Waals surface area contributed by atoms with Crippen LogP contribution in [0, 0.1) is 11.7 Å². The van der Waals surface area contributed by atoms with Gasteiger partial charge < -0.3 is 24.8 Å². The fourth-order valence-electron chi connectivity index (χ4n) is 3.40. The van der Waals surface area contributed by atoms with Gasteiger partial charge in [-0.2, -0.15) is 0 Å². The zero-order chi connectivity index (χ0) is 19.9. The van der Waals surface area contributed by atoms with Crippen LogP contribution >= 0.6 is 0 Å². The number of halogens is 1. The summed E-state index contributed by atoms with van der Waals surface area (Å²) >= 11 is 0. The van der Waals surface area contributed by atoms with Crippen LogP contribution in [0.5, 0.6) is 0 Å². The number of para-hydroxylation sites is 1. The zero-order valence-electron chi connectivity index (χ0n) is 16.7. The number of amides is 1. The van der Waals surface area contributed by atoms with Crippen LogP contribution in [0.25, 0.3) is 0 Å². The summed E-state index contributed by atoms with van der Waals surface area (Å²) < 4.78 is 19.5. The van der Waals surface area contributed by atoms with Crippen LogP contribution in [0.4, 0.5) is 10.1 Å². The van der Waals surface area contributed by atoms with Gasteiger partial charge in [0.2, 0.25) is 5.91 Å². The monoisotopic (exact) mass is 391 g/mol. The Balaban J connectivity index is 1.61. The smallest absolute Gasteiger partial charge is 0.243 e. The molecule has 0 bridgehead atoms. The Kier molecular flexibility index (Phi) is 7.08. The normalized spacial score (nSPS) is 20.4. The molecule has 28 heavy (non-hydrogen) atoms. The highest BCUT2D eigenvalue weighted by molar-refractivity contribution is 5.85. The van der Waals surface area contributed by atoms with E-state index in [0.29, 0.717) is 24.7 Å². The number of carbonyl (C=O) groups excluding carboxylic acids is 1. The summed E-state index contributed by atoms with van der Waals surface area (Å²) in [6, 6.07) is 6.87. The molecule has 1 unspecified atom stereocenters. The first kappa shape index (κ1) is 20.4. The second-order valence-electron chi connectivity index (χ2n) is 7.46. The van der Waals surface area contributed by atoms with Crippen LogP contribution in [0.3, 0.4) is 0 Å². The average molecular weight is 391 g/mol. The van der Waals surface area contributed by atoms with Crippen molar-refractivity contribution in [3.8, 4) is 0 Å². The molecule has 1 aromatic carbocycles. The maximum Gasteiger partial charge on any atom is 0.243 e. The Bertz CT molecular complexity index is 683. The van der Waals surface area contributed by atoms with Gasteiger partial charge in [0.15, 0.2) is 5.96 Å². The van der Waals surface area contributed by atoms with Gasteiger partial charge in [-0.1, -0.05) is 12.1 Å². The molecule has 8 heteroatoms. The van der Waals surface area contributed by atoms with E-state index in [-0.39, 0.29) is 18.3 Å². The Hall–Kier alpha value is -2.35. The first-order valence-corrected chi connectivity index (χ1v) is 9.85. The predicted molar refractivity (Wildman–Crippen MR) is 108 cm³/mol. The lowest BCUT2D eigenvalue weighted by Crippen LogP contribution is -2.53. The molecule has 2 fully saturated rings. The molecule has 0 radical (unpaired) electrons. The van der Waals surface area contributed by atoms with Crippen molar-refractivity contribution in [3.63, 3.8) is 0 Å². The highest BCUT2D eigenvalue weighted by atomic mass is 19.1. The van der Waals surface area contributed by atoms with Gasteiger partial charge in [0, 0.05) is 59.3 Å². The van der Waals surface area contributed by atoms with E-state index in [4.69, 9.17) is 4.74 Å². The van der Waals surface area contributed by atoms with Crippen LogP contribution in [-0.2, 0) is 9.53 Å². The van der Waals surface area contributed by atoms with Gasteiger partial charge in [-0.25, -0.2) is 9.38 Å². The van der Waals surface area contributed by atoms with E-state index in [9.17, 15) is 9.18 Å². The van der Waals surface area contributed by atoms with E-state index in [1.165, 1.54) is 6.07 Å². The van der Waals surface area contributed by atoms with E-state index in [0.717, 1.165) is 45.2 Å². The minimum absolute atomic E-state index is 0.0338. The van der Waals surface area contributed by atoms with Crippen LogP contribution in [0.15, 0.2) is 29.3 Å². The number of guanidine groups is 1. The summed E-state index contributed by atoms with van der Waals surface area (Å²) in [5.74, 6) is 0.985. The molecule has 0 spiro atoms. The van der Waals surface area contributed by atoms with Gasteiger partial charge >= 0.3 is 0 Å². The number of ether oxygens (including phenoxy) is 1. The molecular weight excluding hydrogens is 361 g/mol. The van der Waals surface area contributed by atoms with Crippen LogP contribution < -0.4 is 10.2 Å². The largest absolute Gasteiger partial charge is 0.381 e. The molecule has 7 nitrogen and oxygen atoms in total. The number of benzene rings is 1. The van der Waals surface area contributed by atoms with Crippen LogP contribution in [0.2, 0.25) is 0 Å². The summed E-state index contributed by atoms with van der Waals surface area (Å²) in [7, 11) is 3.46. The molecule has 2 saturated heterocycles. The number of nitrogens with zero attached hydrogens (tertiary/aromatic N) is 4. The molecule has 0 aliphatic carbocycles. The summed E-state index contributed by atoms with van der Waals surface area (Å²) in [6.07, 6.45) is 1.04. The van der Waals surface area contributed by atoms with E-state index < -0.39 is 0 Å². The van der Waals surface area contributed by atoms with Crippen molar-refractivity contribution in [1.82, 2.24) is 15.1 Å². The van der Waals surface area contributed by atoms with Crippen molar-refractivity contribution >= 4 is 17.6 Å². The molecule has 2 aliphatic rings. The molecule has 3 rings (SSSR count). The zero-order valence-corrected chi connectivity index (χ0v) is 16.7. The molecule has 154 valence electrons. The highest BCUT2D eigenvalue weighted by Gasteiger charge is 2.23. The van der Waals surface area contributed by atoms with Gasteiger partial charge in [0.1, 0.15) is 12.4 Å². The van der Waals surface area contributed by atoms with Crippen molar-refractivity contribution < 1.29 is 13.9 Å². The standard InChI is InChI=1S/C20H30FN5O2/c1-24(2)19(27)14-23-20(22-13-16-7-12-28-15-16)26-10-8-25(9-11-26)18-6-4-3-5-17(18)21/h3-6,16H,7-15H2,1-2H3,(H,22,23). The van der Waals surface area contributed by atoms with Crippen molar-refractivity contribution in [2.75, 3.05) is 71.5 Å². The molecule has 1 aromatic rings. The maximum absolute atomic E-state index is 14.1. The SMILES string of the molecule is CN(C)C(=O)CN=C(NCC1CCOC1)N1CCN(c2ccccc2F)CC1. The molecule has 1 amide bonds. The van der Waals surface area contributed by atoms with Crippen molar-refractivity contribution in [3.05, 3.63) is 30.1 Å². The summed E-state index contributed by atoms with van der Waals surface area (Å²) in [5.41, 5.74) is 0.638. The second kappa shape index (κ2) is 9.73. The maximum atomic E-state index is 14.1. The number of carbonyl (C=O) groups is 1. The second-order valence-corrected chi connectivity index (χ2v) is 7.46. The Labute approximate surface area is 166 Å². The van der Waals surface area contributed by atoms with E-state index >= 15 is 0 Å². The quantitative estimate of drug-likeness (QED) is 0.600. The van der Waals surface area contributed by atoms with Crippen molar-refractivity contribution in [2.24, 2.45) is 10.9 Å². The molecule has 2 heterocycles. The number of hydrogen-bond acceptors (Lipinski definition) is 4. The van der Waals surface area contributed by atoms with Gasteiger partial charge in [0.25, 0.3) is 0 Å². The number of rotatable bonds is 5. The Morgan fingerprint density at radius 1 is 1.29 bits per heavy atom. The highest BCUT2D eigenvalue weighted by Crippen LogP contribution is 2.20. The summed E-state index contributed by atoms with van der Waals surface area (Å²) in [4.78, 5) is 22.3. The van der Waals surface area contributed by atoms with E-state index in [1.807, 2.05) is 12.1 Å². The molecule has 1 atom stereocenters. The van der Waals surface area contributed by atoms with Gasteiger partial charge in [-0.15, -0.1) is 0 Å². The topological polar surface area (TPSA) is 60.4 Å². The molecular formula is C20H30FN5O2. The number of nitrogens with one attached hydrogen (secondary N) is 1. The molecule has 0 aromatic heterocycles. The summed E-state index contributed by atoms with van der Waals surface area (Å²) in [6.45, 7) is 5.31. The Morgan fingerprint density at radius 2 is 2.04 bits per heavy atom. The molecule has 2 aliphatic heterocycles. The minimum Gasteiger partial charge on any atom is -0.381 e. The fourth-order valence-corrected chi connectivity index (χ4v) is 3.40. The summed E-state index contributed by atoms with van der Waals surface area (Å²) in [5, 5.41) is 3.42. The third-order valence-corrected chi connectivity index (χ3v) is 5.21. The van der Waals surface area contributed by atoms with Crippen molar-refractivity contribution in [1.29, 1.82) is 0 Å². The number of piperazine rings is 1. The van der Waals surface area contributed by atoms with E-state index in [1.54, 1.807) is 25.1 Å². The molecule has 1 N–H and O–H groups in total. The fraction of sp³-hybridized carbons (Fsp3) is 0.600. The predicted octanol–water partition coefficient (Wildman–Crippen LogP) is 1.02. The number of hydrogen-bond donors (Lipinski definition) is 1. The number of likely N-dealkylation sites (N-methyl/N-ethyl adjacent to an activating group) is 1.